The number of hydrogen-bond donors (Lipinski definition) is 2. The van der Waals surface area contributed by atoms with E-state index in [4.69, 9.17) is 9.84 Å². The molecule has 1 aromatic rings. The fourth-order valence-electron chi connectivity index (χ4n) is 2.60. The van der Waals surface area contributed by atoms with Gasteiger partial charge in [-0.1, -0.05) is 13.8 Å². The zero-order valence-electron chi connectivity index (χ0n) is 13.1. The van der Waals surface area contributed by atoms with E-state index in [1.165, 1.54) is 12.1 Å². The SMILES string of the molecule is Cc1nc(C(=O)NC2CCOC(C(C)C)C2)ccc1C(=O)O. The number of rotatable bonds is 4. The number of carboxylic acid groups (broad SMARTS) is 1. The van der Waals surface area contributed by atoms with E-state index >= 15 is 0 Å². The Morgan fingerprint density at radius 3 is 2.73 bits per heavy atom. The van der Waals surface area contributed by atoms with Gasteiger partial charge in [-0.15, -0.1) is 0 Å². The number of nitrogens with zero attached hydrogens (tertiary/aromatic N) is 1. The van der Waals surface area contributed by atoms with E-state index in [0.717, 1.165) is 12.8 Å². The van der Waals surface area contributed by atoms with Crippen LogP contribution in [-0.4, -0.2) is 40.7 Å². The monoisotopic (exact) mass is 306 g/mol. The molecule has 120 valence electrons. The summed E-state index contributed by atoms with van der Waals surface area (Å²) in [5.74, 6) is -0.898. The molecule has 2 rings (SSSR count). The summed E-state index contributed by atoms with van der Waals surface area (Å²) in [6.45, 7) is 6.43. The maximum absolute atomic E-state index is 12.3. The number of hydrogen-bond acceptors (Lipinski definition) is 4. The third-order valence-electron chi connectivity index (χ3n) is 3.94. The normalized spacial score (nSPS) is 21.6. The maximum Gasteiger partial charge on any atom is 0.337 e. The third kappa shape index (κ3) is 3.82. The molecule has 1 saturated heterocycles. The van der Waals surface area contributed by atoms with Crippen LogP contribution in [0.5, 0.6) is 0 Å². The molecular weight excluding hydrogens is 284 g/mol. The molecule has 1 amide bonds. The van der Waals surface area contributed by atoms with Crippen molar-refractivity contribution in [3.63, 3.8) is 0 Å². The van der Waals surface area contributed by atoms with Crippen LogP contribution < -0.4 is 5.32 Å². The van der Waals surface area contributed by atoms with E-state index in [1.807, 2.05) is 0 Å². The van der Waals surface area contributed by atoms with Crippen LogP contribution in [0.25, 0.3) is 0 Å². The van der Waals surface area contributed by atoms with Gasteiger partial charge in [0.05, 0.1) is 17.4 Å². The second-order valence-electron chi connectivity index (χ2n) is 5.98. The predicted octanol–water partition coefficient (Wildman–Crippen LogP) is 2.02. The summed E-state index contributed by atoms with van der Waals surface area (Å²) in [5.41, 5.74) is 0.699. The number of carbonyl (C=O) groups excluding carboxylic acids is 1. The number of nitrogens with one attached hydrogen (secondary N) is 1. The van der Waals surface area contributed by atoms with Gasteiger partial charge in [0.15, 0.2) is 0 Å². The number of amides is 1. The minimum absolute atomic E-state index is 0.0647. The van der Waals surface area contributed by atoms with Crippen LogP contribution in [0.3, 0.4) is 0 Å². The Morgan fingerprint density at radius 2 is 2.14 bits per heavy atom. The third-order valence-corrected chi connectivity index (χ3v) is 3.94. The Hall–Kier alpha value is -1.95. The Labute approximate surface area is 129 Å². The summed E-state index contributed by atoms with van der Waals surface area (Å²) >= 11 is 0. The second-order valence-corrected chi connectivity index (χ2v) is 5.98. The minimum atomic E-state index is -1.04. The van der Waals surface area contributed by atoms with Crippen molar-refractivity contribution < 1.29 is 19.4 Å². The number of aryl methyl sites for hydroxylation is 1. The molecule has 2 heterocycles. The molecule has 0 spiro atoms. The van der Waals surface area contributed by atoms with Gasteiger partial charge >= 0.3 is 5.97 Å². The van der Waals surface area contributed by atoms with Crippen LogP contribution in [0.15, 0.2) is 12.1 Å². The molecule has 1 aliphatic heterocycles. The highest BCUT2D eigenvalue weighted by atomic mass is 16.5. The molecule has 0 aliphatic carbocycles. The van der Waals surface area contributed by atoms with Gasteiger partial charge < -0.3 is 15.2 Å². The van der Waals surface area contributed by atoms with Crippen LogP contribution >= 0.6 is 0 Å². The first-order valence-corrected chi connectivity index (χ1v) is 7.52. The Kier molecular flexibility index (Phi) is 5.13. The summed E-state index contributed by atoms with van der Waals surface area (Å²) in [6, 6.07) is 2.93. The second kappa shape index (κ2) is 6.87. The first kappa shape index (κ1) is 16.4. The summed E-state index contributed by atoms with van der Waals surface area (Å²) in [6.07, 6.45) is 1.72. The summed E-state index contributed by atoms with van der Waals surface area (Å²) in [4.78, 5) is 27.3. The van der Waals surface area contributed by atoms with Crippen molar-refractivity contribution >= 4 is 11.9 Å². The highest BCUT2D eigenvalue weighted by Gasteiger charge is 2.26. The van der Waals surface area contributed by atoms with Crippen molar-refractivity contribution in [1.29, 1.82) is 0 Å². The molecule has 0 aromatic carbocycles. The quantitative estimate of drug-likeness (QED) is 0.888. The van der Waals surface area contributed by atoms with Gasteiger partial charge in [0.1, 0.15) is 5.69 Å². The molecule has 2 N–H and O–H groups in total. The lowest BCUT2D eigenvalue weighted by molar-refractivity contribution is -0.0233. The highest BCUT2D eigenvalue weighted by Crippen LogP contribution is 2.20. The van der Waals surface area contributed by atoms with Gasteiger partial charge in [0, 0.05) is 12.6 Å². The molecular formula is C16H22N2O4. The van der Waals surface area contributed by atoms with E-state index in [-0.39, 0.29) is 29.3 Å². The fourth-order valence-corrected chi connectivity index (χ4v) is 2.60. The number of carboxylic acids is 1. The van der Waals surface area contributed by atoms with Gasteiger partial charge in [-0.3, -0.25) is 4.79 Å². The molecule has 22 heavy (non-hydrogen) atoms. The standard InChI is InChI=1S/C16H22N2O4/c1-9(2)14-8-11(6-7-22-14)18-15(19)13-5-4-12(16(20)21)10(3)17-13/h4-5,9,11,14H,6-8H2,1-3H3,(H,18,19)(H,20,21). The maximum atomic E-state index is 12.3. The molecule has 0 bridgehead atoms. The summed E-state index contributed by atoms with van der Waals surface area (Å²) in [7, 11) is 0. The number of pyridine rings is 1. The van der Waals surface area contributed by atoms with Crippen LogP contribution in [0, 0.1) is 12.8 Å². The zero-order valence-corrected chi connectivity index (χ0v) is 13.1. The Balaban J connectivity index is 2.03. The fraction of sp³-hybridized carbons (Fsp3) is 0.562. The van der Waals surface area contributed by atoms with Crippen molar-refractivity contribution in [2.24, 2.45) is 5.92 Å². The zero-order chi connectivity index (χ0) is 16.3. The predicted molar refractivity (Wildman–Crippen MR) is 81.0 cm³/mol. The van der Waals surface area contributed by atoms with E-state index in [0.29, 0.717) is 18.2 Å². The highest BCUT2D eigenvalue weighted by molar-refractivity contribution is 5.94. The van der Waals surface area contributed by atoms with Crippen molar-refractivity contribution in [1.82, 2.24) is 10.3 Å². The Morgan fingerprint density at radius 1 is 1.41 bits per heavy atom. The van der Waals surface area contributed by atoms with Crippen LogP contribution in [0.1, 0.15) is 53.2 Å². The van der Waals surface area contributed by atoms with Crippen LogP contribution in [0.4, 0.5) is 0 Å². The van der Waals surface area contributed by atoms with Crippen molar-refractivity contribution in [2.45, 2.75) is 45.8 Å². The first-order valence-electron chi connectivity index (χ1n) is 7.52. The molecule has 2 unspecified atom stereocenters. The van der Waals surface area contributed by atoms with Crippen molar-refractivity contribution in [2.75, 3.05) is 6.61 Å². The summed E-state index contributed by atoms with van der Waals surface area (Å²) < 4.78 is 5.69. The summed E-state index contributed by atoms with van der Waals surface area (Å²) in [5, 5.41) is 11.9. The average molecular weight is 306 g/mol. The van der Waals surface area contributed by atoms with E-state index in [9.17, 15) is 9.59 Å². The topological polar surface area (TPSA) is 88.5 Å². The average Bonchev–Trinajstić information content (AvgIpc) is 2.46. The van der Waals surface area contributed by atoms with Crippen molar-refractivity contribution in [3.8, 4) is 0 Å². The number of aromatic carboxylic acids is 1. The van der Waals surface area contributed by atoms with Crippen molar-refractivity contribution in [3.05, 3.63) is 29.1 Å². The van der Waals surface area contributed by atoms with Crippen LogP contribution in [0.2, 0.25) is 0 Å². The largest absolute Gasteiger partial charge is 0.478 e. The molecule has 0 saturated carbocycles. The first-order chi connectivity index (χ1) is 10.4. The number of ether oxygens (including phenoxy) is 1. The van der Waals surface area contributed by atoms with Gasteiger partial charge in [-0.25, -0.2) is 9.78 Å². The lowest BCUT2D eigenvalue weighted by atomic mass is 9.95. The molecule has 0 radical (unpaired) electrons. The molecule has 1 fully saturated rings. The molecule has 2 atom stereocenters. The van der Waals surface area contributed by atoms with Gasteiger partial charge in [0.2, 0.25) is 0 Å². The van der Waals surface area contributed by atoms with Gasteiger partial charge in [0.25, 0.3) is 5.91 Å². The number of aromatic nitrogens is 1. The smallest absolute Gasteiger partial charge is 0.337 e. The van der Waals surface area contributed by atoms with Crippen LogP contribution in [-0.2, 0) is 4.74 Å². The van der Waals surface area contributed by atoms with Gasteiger partial charge in [-0.2, -0.15) is 0 Å². The molecule has 1 aromatic heterocycles. The number of carbonyl (C=O) groups is 2. The molecule has 6 nitrogen and oxygen atoms in total. The Bertz CT molecular complexity index is 571. The lowest BCUT2D eigenvalue weighted by Crippen LogP contribution is -2.43. The molecule has 1 aliphatic rings. The van der Waals surface area contributed by atoms with E-state index in [1.54, 1.807) is 6.92 Å². The van der Waals surface area contributed by atoms with E-state index in [2.05, 4.69) is 24.1 Å². The van der Waals surface area contributed by atoms with Gasteiger partial charge in [-0.05, 0) is 37.8 Å². The molecule has 6 heteroatoms. The minimum Gasteiger partial charge on any atom is -0.478 e. The lowest BCUT2D eigenvalue weighted by Gasteiger charge is -2.32. The van der Waals surface area contributed by atoms with E-state index < -0.39 is 5.97 Å².